The van der Waals surface area contributed by atoms with Gasteiger partial charge in [-0.25, -0.2) is 0 Å². The Kier molecular flexibility index (Phi) is 3.48. The molecule has 3 N–H and O–H groups in total. The van der Waals surface area contributed by atoms with Crippen LogP contribution in [0.15, 0.2) is 54.6 Å². The van der Waals surface area contributed by atoms with E-state index in [1.807, 2.05) is 12.1 Å². The van der Waals surface area contributed by atoms with Gasteiger partial charge in [0, 0.05) is 19.7 Å². The van der Waals surface area contributed by atoms with E-state index in [4.69, 9.17) is 11.1 Å². The minimum absolute atomic E-state index is 0.130. The minimum atomic E-state index is 0.130. The predicted octanol–water partition coefficient (Wildman–Crippen LogP) is 5.57. The summed E-state index contributed by atoms with van der Waals surface area (Å²) < 4.78 is 2.47. The van der Waals surface area contributed by atoms with Crippen LogP contribution >= 0.6 is 22.7 Å². The number of fused-ring (bicyclic) bond motifs is 2. The highest BCUT2D eigenvalue weighted by molar-refractivity contribution is 7.21. The van der Waals surface area contributed by atoms with Gasteiger partial charge in [0.25, 0.3) is 0 Å². The lowest BCUT2D eigenvalue weighted by atomic mass is 10.1. The Morgan fingerprint density at radius 1 is 0.913 bits per heavy atom. The average Bonchev–Trinajstić information content (AvgIpc) is 3.16. The fourth-order valence-electron chi connectivity index (χ4n) is 2.62. The molecule has 4 aromatic rings. The summed E-state index contributed by atoms with van der Waals surface area (Å²) in [5.41, 5.74) is 6.77. The molecule has 0 saturated carbocycles. The highest BCUT2D eigenvalue weighted by Crippen LogP contribution is 2.31. The van der Waals surface area contributed by atoms with E-state index in [0.29, 0.717) is 0 Å². The van der Waals surface area contributed by atoms with Crippen molar-refractivity contribution in [3.05, 3.63) is 69.9 Å². The molecule has 0 aliphatic heterocycles. The molecular formula is C19H14N2S2. The average molecular weight is 334 g/mol. The Balaban J connectivity index is 1.75. The summed E-state index contributed by atoms with van der Waals surface area (Å²) in [6.07, 6.45) is 4.30. The molecule has 23 heavy (non-hydrogen) atoms. The van der Waals surface area contributed by atoms with Crippen LogP contribution in [0.1, 0.15) is 15.3 Å². The van der Waals surface area contributed by atoms with Gasteiger partial charge in [-0.05, 0) is 41.3 Å². The predicted molar refractivity (Wildman–Crippen MR) is 104 cm³/mol. The number of nitrogens with one attached hydrogen (secondary N) is 1. The first-order valence-corrected chi connectivity index (χ1v) is 8.87. The summed E-state index contributed by atoms with van der Waals surface area (Å²) in [6.45, 7) is 0. The van der Waals surface area contributed by atoms with Crippen LogP contribution in [-0.2, 0) is 0 Å². The third-order valence-electron chi connectivity index (χ3n) is 3.73. The number of nitrogens with two attached hydrogens (primary N) is 1. The largest absolute Gasteiger partial charge is 0.383 e. The van der Waals surface area contributed by atoms with Crippen molar-refractivity contribution in [1.82, 2.24) is 0 Å². The van der Waals surface area contributed by atoms with E-state index >= 15 is 0 Å². The Hall–Kier alpha value is -2.43. The summed E-state index contributed by atoms with van der Waals surface area (Å²) in [6, 6.07) is 18.9. The molecule has 2 aromatic heterocycles. The van der Waals surface area contributed by atoms with E-state index in [2.05, 4.69) is 54.6 Å². The van der Waals surface area contributed by atoms with Crippen molar-refractivity contribution in [2.24, 2.45) is 5.73 Å². The summed E-state index contributed by atoms with van der Waals surface area (Å²) in [5.74, 6) is 0.130. The number of amidine groups is 1. The maximum atomic E-state index is 7.61. The molecule has 0 radical (unpaired) electrons. The monoisotopic (exact) mass is 334 g/mol. The van der Waals surface area contributed by atoms with Crippen molar-refractivity contribution in [3.8, 4) is 0 Å². The van der Waals surface area contributed by atoms with E-state index in [0.717, 1.165) is 20.5 Å². The van der Waals surface area contributed by atoms with Gasteiger partial charge in [-0.2, -0.15) is 0 Å². The molecule has 0 amide bonds. The van der Waals surface area contributed by atoms with Crippen molar-refractivity contribution >= 4 is 60.8 Å². The second-order valence-corrected chi connectivity index (χ2v) is 7.50. The fraction of sp³-hybridized carbons (Fsp3) is 0. The normalized spacial score (nSPS) is 11.7. The number of hydrogen-bond donors (Lipinski definition) is 2. The van der Waals surface area contributed by atoms with Crippen LogP contribution in [0.3, 0.4) is 0 Å². The van der Waals surface area contributed by atoms with E-state index < -0.39 is 0 Å². The first kappa shape index (κ1) is 14.2. The van der Waals surface area contributed by atoms with Crippen LogP contribution in [0.4, 0.5) is 0 Å². The van der Waals surface area contributed by atoms with Gasteiger partial charge in [-0.3, -0.25) is 5.41 Å². The molecule has 112 valence electrons. The van der Waals surface area contributed by atoms with Gasteiger partial charge < -0.3 is 5.73 Å². The zero-order chi connectivity index (χ0) is 15.8. The van der Waals surface area contributed by atoms with Crippen molar-refractivity contribution < 1.29 is 0 Å². The second-order valence-electron chi connectivity index (χ2n) is 5.30. The molecule has 2 aromatic carbocycles. The van der Waals surface area contributed by atoms with E-state index in [-0.39, 0.29) is 5.84 Å². The molecule has 0 spiro atoms. The van der Waals surface area contributed by atoms with Gasteiger partial charge in [0.05, 0.1) is 4.88 Å². The van der Waals surface area contributed by atoms with E-state index in [9.17, 15) is 0 Å². The van der Waals surface area contributed by atoms with Gasteiger partial charge in [0.15, 0.2) is 0 Å². The van der Waals surface area contributed by atoms with Crippen molar-refractivity contribution in [2.75, 3.05) is 0 Å². The van der Waals surface area contributed by atoms with Crippen LogP contribution < -0.4 is 5.73 Å². The number of hydrogen-bond acceptors (Lipinski definition) is 3. The first-order valence-electron chi connectivity index (χ1n) is 7.24. The van der Waals surface area contributed by atoms with Crippen LogP contribution in [0.5, 0.6) is 0 Å². The molecule has 0 atom stereocenters. The molecule has 2 heterocycles. The molecule has 4 rings (SSSR count). The summed E-state index contributed by atoms with van der Waals surface area (Å²) in [7, 11) is 0. The van der Waals surface area contributed by atoms with Gasteiger partial charge in [-0.15, -0.1) is 22.7 Å². The maximum absolute atomic E-state index is 7.61. The molecule has 0 saturated heterocycles. The molecule has 0 unspecified atom stereocenters. The zero-order valence-corrected chi connectivity index (χ0v) is 13.9. The van der Waals surface area contributed by atoms with Crippen molar-refractivity contribution in [2.45, 2.75) is 0 Å². The lowest BCUT2D eigenvalue weighted by Crippen LogP contribution is -2.08. The van der Waals surface area contributed by atoms with Gasteiger partial charge in [-0.1, -0.05) is 36.4 Å². The maximum Gasteiger partial charge on any atom is 0.133 e. The van der Waals surface area contributed by atoms with Crippen LogP contribution in [-0.4, -0.2) is 5.84 Å². The van der Waals surface area contributed by atoms with Crippen LogP contribution in [0.2, 0.25) is 0 Å². The van der Waals surface area contributed by atoms with E-state index in [1.165, 1.54) is 15.0 Å². The summed E-state index contributed by atoms with van der Waals surface area (Å²) in [4.78, 5) is 2.06. The fourth-order valence-corrected chi connectivity index (χ4v) is 4.54. The quantitative estimate of drug-likeness (QED) is 0.373. The standard InChI is InChI=1S/C19H14N2S2/c20-19(21)18-11-15-12(5-3-7-17(15)23-18)8-9-14-10-13-4-1-2-6-16(13)22-14/h1-11H,(H3,20,21)/b9-8+. The molecule has 0 aliphatic carbocycles. The zero-order valence-electron chi connectivity index (χ0n) is 12.2. The lowest BCUT2D eigenvalue weighted by molar-refractivity contribution is 1.46. The molecule has 2 nitrogen and oxygen atoms in total. The molecule has 0 bridgehead atoms. The third-order valence-corrected chi connectivity index (χ3v) is 5.95. The number of rotatable bonds is 3. The Labute approximate surface area is 142 Å². The molecule has 0 aliphatic rings. The number of nitrogen functional groups attached to an aromatic ring is 1. The van der Waals surface area contributed by atoms with Crippen LogP contribution in [0.25, 0.3) is 32.3 Å². The summed E-state index contributed by atoms with van der Waals surface area (Å²) >= 11 is 3.36. The highest BCUT2D eigenvalue weighted by atomic mass is 32.1. The third kappa shape index (κ3) is 2.67. The Morgan fingerprint density at radius 2 is 1.74 bits per heavy atom. The second kappa shape index (κ2) is 5.65. The minimum Gasteiger partial charge on any atom is -0.383 e. The lowest BCUT2D eigenvalue weighted by Gasteiger charge is -1.95. The topological polar surface area (TPSA) is 49.9 Å². The first-order chi connectivity index (χ1) is 11.2. The SMILES string of the molecule is N=C(N)c1cc2c(/C=C/c3cc4ccccc4s3)cccc2s1. The smallest absolute Gasteiger partial charge is 0.133 e. The number of benzene rings is 2. The van der Waals surface area contributed by atoms with Crippen LogP contribution in [0, 0.1) is 5.41 Å². The van der Waals surface area contributed by atoms with Crippen molar-refractivity contribution in [3.63, 3.8) is 0 Å². The highest BCUT2D eigenvalue weighted by Gasteiger charge is 2.06. The van der Waals surface area contributed by atoms with Gasteiger partial charge in [0.2, 0.25) is 0 Å². The molecular weight excluding hydrogens is 320 g/mol. The van der Waals surface area contributed by atoms with Gasteiger partial charge in [0.1, 0.15) is 5.84 Å². The number of thiophene rings is 2. The molecule has 0 fully saturated rings. The van der Waals surface area contributed by atoms with Crippen molar-refractivity contribution in [1.29, 1.82) is 5.41 Å². The Morgan fingerprint density at radius 3 is 2.57 bits per heavy atom. The van der Waals surface area contributed by atoms with Gasteiger partial charge >= 0.3 is 0 Å². The Bertz CT molecular complexity index is 1020. The summed E-state index contributed by atoms with van der Waals surface area (Å²) in [5, 5.41) is 10.0. The van der Waals surface area contributed by atoms with E-state index in [1.54, 1.807) is 22.7 Å². The molecule has 4 heteroatoms.